The number of nitrogens with one attached hydrogen (secondary N) is 1. The van der Waals surface area contributed by atoms with Gasteiger partial charge in [-0.15, -0.1) is 13.1 Å². The van der Waals surface area contributed by atoms with Crippen LogP contribution < -0.4 is 4.74 Å². The molecule has 0 radical (unpaired) electrons. The van der Waals surface area contributed by atoms with Gasteiger partial charge in [-0.1, -0.05) is 43.0 Å². The first-order valence-electron chi connectivity index (χ1n) is 11.8. The Morgan fingerprint density at radius 3 is 2.62 bits per heavy atom. The zero-order valence-corrected chi connectivity index (χ0v) is 20.1. The van der Waals surface area contributed by atoms with Gasteiger partial charge in [0.15, 0.2) is 5.69 Å². The normalized spacial score (nSPS) is 13.2. The highest BCUT2D eigenvalue weighted by Gasteiger charge is 2.31. The van der Waals surface area contributed by atoms with Gasteiger partial charge in [0.05, 0.1) is 18.2 Å². The number of aromatic amines is 1. The molecule has 0 saturated heterocycles. The maximum absolute atomic E-state index is 12.6. The van der Waals surface area contributed by atoms with E-state index in [-0.39, 0.29) is 17.0 Å². The molecule has 1 fully saturated rings. The number of hydrogen-bond acceptors (Lipinski definition) is 4. The third-order valence-electron chi connectivity index (χ3n) is 5.97. The van der Waals surface area contributed by atoms with Gasteiger partial charge in [0.2, 0.25) is 0 Å². The molecule has 194 valence electrons. The number of H-pyrrole nitrogens is 1. The predicted octanol–water partition coefficient (Wildman–Crippen LogP) is 6.36. The van der Waals surface area contributed by atoms with E-state index in [0.717, 1.165) is 48.8 Å². The fourth-order valence-corrected chi connectivity index (χ4v) is 3.88. The number of rotatable bonds is 8. The molecule has 5 rings (SSSR count). The highest BCUT2D eigenvalue weighted by atomic mass is 19.4. The number of nitrogens with zero attached hydrogens (tertiary/aromatic N) is 3. The summed E-state index contributed by atoms with van der Waals surface area (Å²) in [5, 5.41) is 14.8. The average Bonchev–Trinajstić information content (AvgIpc) is 3.64. The molecule has 1 aliphatic rings. The number of carboxylic acids is 1. The molecule has 2 N–H and O–H groups in total. The summed E-state index contributed by atoms with van der Waals surface area (Å²) in [7, 11) is 1.71. The molecule has 1 aliphatic carbocycles. The molecule has 0 atom stereocenters. The Labute approximate surface area is 211 Å². The molecule has 0 amide bonds. The number of para-hydroxylation sites is 1. The highest BCUT2D eigenvalue weighted by molar-refractivity contribution is 5.92. The van der Waals surface area contributed by atoms with Gasteiger partial charge in [0, 0.05) is 29.5 Å². The van der Waals surface area contributed by atoms with E-state index in [2.05, 4.69) is 32.5 Å². The van der Waals surface area contributed by atoms with E-state index in [1.165, 1.54) is 48.3 Å². The first-order valence-corrected chi connectivity index (χ1v) is 11.8. The summed E-state index contributed by atoms with van der Waals surface area (Å²) in [5.74, 6) is 0.460. The molecule has 2 heterocycles. The smallest absolute Gasteiger partial charge is 0.416 e. The van der Waals surface area contributed by atoms with Crippen LogP contribution in [-0.2, 0) is 12.6 Å². The minimum Gasteiger partial charge on any atom is -0.662 e. The summed E-state index contributed by atoms with van der Waals surface area (Å²) in [5.41, 5.74) is 1.14. The van der Waals surface area contributed by atoms with Crippen molar-refractivity contribution in [2.45, 2.75) is 25.4 Å². The fourth-order valence-electron chi connectivity index (χ4n) is 3.88. The van der Waals surface area contributed by atoms with Gasteiger partial charge < -0.3 is 20.1 Å². The minimum atomic E-state index is -4.50. The fraction of sp³-hybridized carbons (Fsp3) is 0.296. The Hall–Kier alpha value is -3.92. The molecule has 2 aromatic carbocycles. The van der Waals surface area contributed by atoms with Gasteiger partial charge in [-0.25, -0.2) is 9.78 Å². The first-order chi connectivity index (χ1) is 17.8. The number of benzene rings is 2. The van der Waals surface area contributed by atoms with Gasteiger partial charge in [-0.3, -0.25) is 4.98 Å². The van der Waals surface area contributed by atoms with Crippen LogP contribution in [0.4, 0.5) is 13.2 Å². The second-order valence-electron chi connectivity index (χ2n) is 8.66. The molecule has 0 unspecified atom stereocenters. The molecule has 7 nitrogen and oxygen atoms in total. The van der Waals surface area contributed by atoms with Crippen molar-refractivity contribution < 1.29 is 27.8 Å². The molecule has 0 spiro atoms. The van der Waals surface area contributed by atoms with E-state index < -0.39 is 17.7 Å². The maximum Gasteiger partial charge on any atom is 0.416 e. The Kier molecular flexibility index (Phi) is 8.08. The van der Waals surface area contributed by atoms with E-state index in [9.17, 15) is 18.0 Å². The van der Waals surface area contributed by atoms with Crippen LogP contribution in [0.5, 0.6) is 5.75 Å². The van der Waals surface area contributed by atoms with Gasteiger partial charge in [-0.2, -0.15) is 13.2 Å². The number of carbonyl (C=O) groups is 1. The third kappa shape index (κ3) is 6.65. The molecule has 10 heteroatoms. The van der Waals surface area contributed by atoms with E-state index >= 15 is 0 Å². The lowest BCUT2D eigenvalue weighted by atomic mass is 10.1. The summed E-state index contributed by atoms with van der Waals surface area (Å²) in [6, 6.07) is 10.5. The van der Waals surface area contributed by atoms with Crippen LogP contribution in [0.2, 0.25) is 0 Å². The molecule has 1 saturated carbocycles. The maximum atomic E-state index is 12.6. The van der Waals surface area contributed by atoms with Gasteiger partial charge in [0.1, 0.15) is 11.4 Å². The lowest BCUT2D eigenvalue weighted by Gasteiger charge is -2.17. The number of aromatic carboxylic acids is 1. The number of alkyl halides is 3. The quantitative estimate of drug-likeness (QED) is 0.268. The van der Waals surface area contributed by atoms with E-state index in [1.54, 1.807) is 7.11 Å². The number of hydrogen-bond donors (Lipinski definition) is 2. The van der Waals surface area contributed by atoms with E-state index in [0.29, 0.717) is 0 Å². The second kappa shape index (κ2) is 11.4. The molecular formula is C27H26F3N4O3-. The lowest BCUT2D eigenvalue weighted by molar-refractivity contribution is -0.137. The van der Waals surface area contributed by atoms with Crippen molar-refractivity contribution in [1.29, 1.82) is 0 Å². The molecule has 37 heavy (non-hydrogen) atoms. The van der Waals surface area contributed by atoms with Crippen LogP contribution >= 0.6 is 0 Å². The minimum absolute atomic E-state index is 0.0559. The number of methoxy groups -OCH3 is 1. The van der Waals surface area contributed by atoms with Crippen molar-refractivity contribution in [3.8, 4) is 17.0 Å². The zero-order valence-electron chi connectivity index (χ0n) is 20.1. The van der Waals surface area contributed by atoms with Crippen LogP contribution in [0.1, 0.15) is 34.5 Å². The van der Waals surface area contributed by atoms with Crippen LogP contribution in [0.3, 0.4) is 0 Å². The van der Waals surface area contributed by atoms with Crippen molar-refractivity contribution >= 4 is 16.9 Å². The topological polar surface area (TPSA) is 102 Å². The number of ether oxygens (including phenoxy) is 1. The van der Waals surface area contributed by atoms with E-state index in [1.807, 2.05) is 12.1 Å². The van der Waals surface area contributed by atoms with Crippen molar-refractivity contribution in [3.05, 3.63) is 83.2 Å². The van der Waals surface area contributed by atoms with Gasteiger partial charge >= 0.3 is 12.1 Å². The Bertz CT molecular complexity index is 1370. The monoisotopic (exact) mass is 511 g/mol. The summed E-state index contributed by atoms with van der Waals surface area (Å²) in [6.45, 7) is 1.99. The number of fused-ring (bicyclic) bond motifs is 1. The van der Waals surface area contributed by atoms with Crippen LogP contribution in [0.15, 0.2) is 61.1 Å². The summed E-state index contributed by atoms with van der Waals surface area (Å²) < 4.78 is 43.1. The summed E-state index contributed by atoms with van der Waals surface area (Å²) in [6.07, 6.45) is 3.76. The Morgan fingerprint density at radius 2 is 1.92 bits per heavy atom. The molecular weight excluding hydrogens is 485 g/mol. The number of aromatic nitrogens is 3. The average molecular weight is 512 g/mol. The van der Waals surface area contributed by atoms with Crippen molar-refractivity contribution in [1.82, 2.24) is 15.0 Å². The molecule has 0 aliphatic heterocycles. The van der Waals surface area contributed by atoms with Crippen molar-refractivity contribution in [2.24, 2.45) is 5.92 Å². The van der Waals surface area contributed by atoms with Crippen LogP contribution in [0.25, 0.3) is 27.5 Å². The predicted molar refractivity (Wildman–Crippen MR) is 134 cm³/mol. The Morgan fingerprint density at radius 1 is 1.16 bits per heavy atom. The lowest BCUT2D eigenvalue weighted by Crippen LogP contribution is -2.07. The van der Waals surface area contributed by atoms with Crippen molar-refractivity contribution in [2.75, 3.05) is 20.2 Å². The number of carboxylic acid groups (broad SMARTS) is 1. The van der Waals surface area contributed by atoms with Crippen molar-refractivity contribution in [3.63, 3.8) is 0 Å². The van der Waals surface area contributed by atoms with E-state index in [4.69, 9.17) is 9.84 Å². The zero-order chi connectivity index (χ0) is 26.4. The summed E-state index contributed by atoms with van der Waals surface area (Å²) in [4.78, 5) is 21.6. The first kappa shape index (κ1) is 26.2. The summed E-state index contributed by atoms with van der Waals surface area (Å²) >= 11 is 0. The molecule has 2 aromatic heterocycles. The van der Waals surface area contributed by atoms with Crippen LogP contribution in [-0.4, -0.2) is 46.2 Å². The standard InChI is InChI=1S/C15H19N2O.C12H7F3N2O2/c1-18-14-4-2-3-13-12(10-17-15(13)14)7-8-16-9-11-5-6-11;13-12(14,15)8-3-1-2-7(6-8)9-10(11(18)19)17-5-4-16-9/h2-4,10-11,17H,5-9H2,1H3;1-6H,(H,18,19)/q-1;. The van der Waals surface area contributed by atoms with Gasteiger partial charge in [0.25, 0.3) is 0 Å². The molecule has 0 bridgehead atoms. The van der Waals surface area contributed by atoms with Crippen LogP contribution in [0, 0.1) is 5.92 Å². The third-order valence-corrected chi connectivity index (χ3v) is 5.97. The molecule has 4 aromatic rings. The van der Waals surface area contributed by atoms with Gasteiger partial charge in [-0.05, 0) is 30.2 Å². The largest absolute Gasteiger partial charge is 0.662 e. The Balaban J connectivity index is 0.000000173. The number of halogens is 3. The highest BCUT2D eigenvalue weighted by Crippen LogP contribution is 2.32. The second-order valence-corrected chi connectivity index (χ2v) is 8.66. The SMILES string of the molecule is COc1cccc2c(CC[N-]CC3CC3)c[nH]c12.O=C(O)c1nccnc1-c1cccc(C(F)(F)F)c1.